The van der Waals surface area contributed by atoms with Crippen LogP contribution in [0.1, 0.15) is 41.7 Å². The van der Waals surface area contributed by atoms with Crippen LogP contribution in [0.4, 0.5) is 11.6 Å². The molecule has 4 aromatic rings. The second-order valence-corrected chi connectivity index (χ2v) is 8.81. The van der Waals surface area contributed by atoms with Crippen LogP contribution in [-0.2, 0) is 6.42 Å². The van der Waals surface area contributed by atoms with Crippen LogP contribution in [0, 0.1) is 0 Å². The molecule has 1 aliphatic rings. The molecule has 0 radical (unpaired) electrons. The summed E-state index contributed by atoms with van der Waals surface area (Å²) in [6.07, 6.45) is 6.40. The number of nitrogens with two attached hydrogens (primary N) is 1. The zero-order valence-electron chi connectivity index (χ0n) is 18.9. The zero-order chi connectivity index (χ0) is 23.7. The molecule has 1 atom stereocenters. The average molecular weight is 476 g/mol. The highest BCUT2D eigenvalue weighted by atomic mass is 35.5. The van der Waals surface area contributed by atoms with Gasteiger partial charge in [0.15, 0.2) is 0 Å². The van der Waals surface area contributed by atoms with Gasteiger partial charge in [0.25, 0.3) is 5.91 Å². The molecule has 5 rings (SSSR count). The summed E-state index contributed by atoms with van der Waals surface area (Å²) in [5.74, 6) is 0.611. The van der Waals surface area contributed by atoms with E-state index in [0.717, 1.165) is 48.8 Å². The van der Waals surface area contributed by atoms with E-state index in [0.29, 0.717) is 33.5 Å². The number of pyridine rings is 2. The number of hydrogen-bond acceptors (Lipinski definition) is 6. The molecule has 34 heavy (non-hydrogen) atoms. The monoisotopic (exact) mass is 475 g/mol. The summed E-state index contributed by atoms with van der Waals surface area (Å²) in [5.41, 5.74) is 10.3. The van der Waals surface area contributed by atoms with E-state index in [4.69, 9.17) is 22.4 Å². The number of aryl methyl sites for hydroxylation is 1. The standard InChI is InChI=1S/C25H26ClN7O/c1-2-15-13-30-24(27)21-22(32-33(23(15)21)17-6-5-10-28-14-17)18-9-8-16(12-19(18)26)25(34)31-20-7-3-4-11-29-20/h3-4,7-9,11-13,17,28H,2,5-6,10,14H2,1H3,(H2,27,30)(H,29,31,34). The number of nitrogens with zero attached hydrogens (tertiary/aromatic N) is 4. The second-order valence-electron chi connectivity index (χ2n) is 8.40. The number of piperidine rings is 1. The number of carbonyl (C=O) groups is 1. The van der Waals surface area contributed by atoms with Gasteiger partial charge in [0, 0.05) is 30.1 Å². The molecule has 4 N–H and O–H groups in total. The Morgan fingerprint density at radius 3 is 2.88 bits per heavy atom. The van der Waals surface area contributed by atoms with Crippen molar-refractivity contribution in [1.29, 1.82) is 0 Å². The number of amides is 1. The summed E-state index contributed by atoms with van der Waals surface area (Å²) < 4.78 is 2.09. The summed E-state index contributed by atoms with van der Waals surface area (Å²) in [5, 5.41) is 12.5. The molecule has 0 spiro atoms. The predicted octanol–water partition coefficient (Wildman–Crippen LogP) is 4.47. The van der Waals surface area contributed by atoms with Gasteiger partial charge in [0.1, 0.15) is 17.3 Å². The third kappa shape index (κ3) is 4.10. The normalized spacial score (nSPS) is 16.0. The number of nitrogen functional groups attached to an aromatic ring is 1. The smallest absolute Gasteiger partial charge is 0.256 e. The Morgan fingerprint density at radius 2 is 2.18 bits per heavy atom. The highest BCUT2D eigenvalue weighted by Gasteiger charge is 2.25. The Hall–Kier alpha value is -3.49. The lowest BCUT2D eigenvalue weighted by Gasteiger charge is -2.24. The fraction of sp³-hybridized carbons (Fsp3) is 0.280. The Labute approximate surface area is 202 Å². The molecule has 1 fully saturated rings. The topological polar surface area (TPSA) is 111 Å². The lowest BCUT2D eigenvalue weighted by molar-refractivity contribution is 0.102. The Kier molecular flexibility index (Phi) is 6.17. The minimum absolute atomic E-state index is 0.222. The molecule has 174 valence electrons. The van der Waals surface area contributed by atoms with Crippen LogP contribution < -0.4 is 16.4 Å². The molecular weight excluding hydrogens is 450 g/mol. The molecule has 1 aliphatic heterocycles. The van der Waals surface area contributed by atoms with E-state index in [1.165, 1.54) is 0 Å². The molecule has 1 amide bonds. The molecule has 1 saturated heterocycles. The second kappa shape index (κ2) is 9.40. The Morgan fingerprint density at radius 1 is 1.29 bits per heavy atom. The summed E-state index contributed by atoms with van der Waals surface area (Å²) in [7, 11) is 0. The first-order chi connectivity index (χ1) is 16.6. The fourth-order valence-corrected chi connectivity index (χ4v) is 4.76. The number of rotatable bonds is 5. The number of benzene rings is 1. The van der Waals surface area contributed by atoms with Gasteiger partial charge < -0.3 is 16.4 Å². The van der Waals surface area contributed by atoms with Crippen molar-refractivity contribution >= 4 is 40.0 Å². The molecule has 9 heteroatoms. The van der Waals surface area contributed by atoms with E-state index in [2.05, 4.69) is 32.2 Å². The van der Waals surface area contributed by atoms with Gasteiger partial charge >= 0.3 is 0 Å². The molecule has 1 aromatic carbocycles. The van der Waals surface area contributed by atoms with E-state index in [9.17, 15) is 4.79 Å². The van der Waals surface area contributed by atoms with Crippen LogP contribution in [-0.4, -0.2) is 38.7 Å². The van der Waals surface area contributed by atoms with Crippen LogP contribution in [0.25, 0.3) is 22.2 Å². The number of hydrogen-bond donors (Lipinski definition) is 3. The van der Waals surface area contributed by atoms with Crippen molar-refractivity contribution in [3.63, 3.8) is 0 Å². The Bertz CT molecular complexity index is 1350. The highest BCUT2D eigenvalue weighted by Crippen LogP contribution is 2.38. The maximum absolute atomic E-state index is 12.7. The third-order valence-corrected chi connectivity index (χ3v) is 6.53. The van der Waals surface area contributed by atoms with Crippen LogP contribution in [0.5, 0.6) is 0 Å². The molecule has 1 unspecified atom stereocenters. The quantitative estimate of drug-likeness (QED) is 0.393. The van der Waals surface area contributed by atoms with Gasteiger partial charge in [-0.3, -0.25) is 9.48 Å². The van der Waals surface area contributed by atoms with Gasteiger partial charge in [-0.05, 0) is 55.6 Å². The SMILES string of the molecule is CCc1cnc(N)c2c(-c3ccc(C(=O)Nc4ccccn4)cc3Cl)nn(C3CCCNC3)c12. The first kappa shape index (κ1) is 22.3. The van der Waals surface area contributed by atoms with Crippen molar-refractivity contribution in [3.05, 3.63) is 64.9 Å². The summed E-state index contributed by atoms with van der Waals surface area (Å²) in [6, 6.07) is 10.8. The first-order valence-electron chi connectivity index (χ1n) is 11.5. The molecule has 0 saturated carbocycles. The van der Waals surface area contributed by atoms with Crippen LogP contribution in [0.15, 0.2) is 48.8 Å². The van der Waals surface area contributed by atoms with Crippen molar-refractivity contribution < 1.29 is 4.79 Å². The largest absolute Gasteiger partial charge is 0.383 e. The van der Waals surface area contributed by atoms with E-state index in [1.54, 1.807) is 30.5 Å². The van der Waals surface area contributed by atoms with Crippen LogP contribution in [0.2, 0.25) is 5.02 Å². The number of anilines is 2. The van der Waals surface area contributed by atoms with Crippen molar-refractivity contribution in [1.82, 2.24) is 25.1 Å². The maximum atomic E-state index is 12.7. The molecule has 8 nitrogen and oxygen atoms in total. The van der Waals surface area contributed by atoms with Crippen LogP contribution in [0.3, 0.4) is 0 Å². The zero-order valence-corrected chi connectivity index (χ0v) is 19.6. The van der Waals surface area contributed by atoms with Gasteiger partial charge in [-0.15, -0.1) is 0 Å². The molecule has 0 bridgehead atoms. The van der Waals surface area contributed by atoms with E-state index < -0.39 is 0 Å². The fourth-order valence-electron chi connectivity index (χ4n) is 4.49. The lowest BCUT2D eigenvalue weighted by atomic mass is 10.0. The van der Waals surface area contributed by atoms with Crippen molar-refractivity contribution in [2.24, 2.45) is 0 Å². The first-order valence-corrected chi connectivity index (χ1v) is 11.8. The number of halogens is 1. The van der Waals surface area contributed by atoms with Gasteiger partial charge in [0.2, 0.25) is 0 Å². The number of aromatic nitrogens is 4. The predicted molar refractivity (Wildman–Crippen MR) is 135 cm³/mol. The number of carbonyl (C=O) groups excluding carboxylic acids is 1. The third-order valence-electron chi connectivity index (χ3n) is 6.22. The molecular formula is C25H26ClN7O. The maximum Gasteiger partial charge on any atom is 0.256 e. The van der Waals surface area contributed by atoms with E-state index >= 15 is 0 Å². The highest BCUT2D eigenvalue weighted by molar-refractivity contribution is 6.34. The van der Waals surface area contributed by atoms with Crippen LogP contribution >= 0.6 is 11.6 Å². The average Bonchev–Trinajstić information content (AvgIpc) is 3.27. The van der Waals surface area contributed by atoms with Gasteiger partial charge in [-0.1, -0.05) is 30.7 Å². The van der Waals surface area contributed by atoms with Crippen molar-refractivity contribution in [3.8, 4) is 11.3 Å². The number of nitrogens with one attached hydrogen (secondary N) is 2. The summed E-state index contributed by atoms with van der Waals surface area (Å²) >= 11 is 6.71. The number of fused-ring (bicyclic) bond motifs is 1. The van der Waals surface area contributed by atoms with E-state index in [-0.39, 0.29) is 11.9 Å². The van der Waals surface area contributed by atoms with Crippen molar-refractivity contribution in [2.75, 3.05) is 24.1 Å². The van der Waals surface area contributed by atoms with Gasteiger partial charge in [-0.25, -0.2) is 9.97 Å². The molecule has 3 aromatic heterocycles. The minimum atomic E-state index is -0.287. The van der Waals surface area contributed by atoms with E-state index in [1.807, 2.05) is 18.3 Å². The van der Waals surface area contributed by atoms with Gasteiger partial charge in [-0.2, -0.15) is 5.10 Å². The molecule has 4 heterocycles. The summed E-state index contributed by atoms with van der Waals surface area (Å²) in [6.45, 7) is 3.97. The lowest BCUT2D eigenvalue weighted by Crippen LogP contribution is -2.32. The Balaban J connectivity index is 1.58. The van der Waals surface area contributed by atoms with Gasteiger partial charge in [0.05, 0.1) is 22.0 Å². The minimum Gasteiger partial charge on any atom is -0.383 e. The van der Waals surface area contributed by atoms with Crippen molar-refractivity contribution in [2.45, 2.75) is 32.2 Å². The summed E-state index contributed by atoms with van der Waals surface area (Å²) in [4.78, 5) is 21.3. The molecule has 0 aliphatic carbocycles.